The Morgan fingerprint density at radius 1 is 1.31 bits per heavy atom. The van der Waals surface area contributed by atoms with Crippen LogP contribution >= 0.6 is 0 Å². The van der Waals surface area contributed by atoms with Crippen LogP contribution in [0, 0.1) is 17.8 Å². The van der Waals surface area contributed by atoms with Crippen LogP contribution in [-0.4, -0.2) is 24.5 Å². The van der Waals surface area contributed by atoms with Crippen molar-refractivity contribution in [3.63, 3.8) is 0 Å². The predicted octanol–water partition coefficient (Wildman–Crippen LogP) is 2.52. The Morgan fingerprint density at radius 3 is 2.77 bits per heavy atom. The predicted molar refractivity (Wildman–Crippen MR) is 57.5 cm³/mol. The van der Waals surface area contributed by atoms with Crippen LogP contribution in [0.5, 0.6) is 0 Å². The van der Waals surface area contributed by atoms with Crippen LogP contribution in [0.2, 0.25) is 0 Å². The van der Waals surface area contributed by atoms with E-state index in [0.717, 1.165) is 13.0 Å². The zero-order valence-corrected chi connectivity index (χ0v) is 8.97. The third-order valence-electron chi connectivity index (χ3n) is 3.01. The number of nitrogens with zero attached hydrogens (tertiary/aromatic N) is 1. The number of terminal acetylenes is 1. The Balaban J connectivity index is 2.33. The molecule has 13 heavy (non-hydrogen) atoms. The maximum Gasteiger partial charge on any atom is 0.0214 e. The minimum Gasteiger partial charge on any atom is -0.302 e. The van der Waals surface area contributed by atoms with Gasteiger partial charge in [-0.25, -0.2) is 0 Å². The molecule has 1 saturated heterocycles. The van der Waals surface area contributed by atoms with Crippen molar-refractivity contribution in [1.82, 2.24) is 4.90 Å². The third-order valence-corrected chi connectivity index (χ3v) is 3.01. The van der Waals surface area contributed by atoms with Crippen LogP contribution < -0.4 is 0 Å². The molecule has 1 aliphatic rings. The molecular weight excluding hydrogens is 158 g/mol. The van der Waals surface area contributed by atoms with Gasteiger partial charge in [-0.15, -0.1) is 12.3 Å². The largest absolute Gasteiger partial charge is 0.302 e. The zero-order chi connectivity index (χ0) is 9.73. The lowest BCUT2D eigenvalue weighted by molar-refractivity contribution is 0.267. The van der Waals surface area contributed by atoms with E-state index in [1.54, 1.807) is 0 Å². The lowest BCUT2D eigenvalue weighted by Gasteiger charge is -2.22. The molecule has 0 aromatic heterocycles. The summed E-state index contributed by atoms with van der Waals surface area (Å²) in [6, 6.07) is 0. The molecule has 0 saturated carbocycles. The van der Waals surface area contributed by atoms with Gasteiger partial charge in [-0.1, -0.05) is 13.8 Å². The molecule has 74 valence electrons. The van der Waals surface area contributed by atoms with Gasteiger partial charge < -0.3 is 4.90 Å². The van der Waals surface area contributed by atoms with E-state index < -0.39 is 0 Å². The van der Waals surface area contributed by atoms with E-state index in [9.17, 15) is 0 Å². The number of likely N-dealkylation sites (tertiary alicyclic amines) is 1. The number of hydrogen-bond donors (Lipinski definition) is 0. The molecule has 0 amide bonds. The van der Waals surface area contributed by atoms with Crippen LogP contribution in [0.3, 0.4) is 0 Å². The summed E-state index contributed by atoms with van der Waals surface area (Å²) in [6.45, 7) is 8.31. The van der Waals surface area contributed by atoms with E-state index in [2.05, 4.69) is 24.7 Å². The van der Waals surface area contributed by atoms with Crippen molar-refractivity contribution < 1.29 is 0 Å². The van der Waals surface area contributed by atoms with E-state index in [0.29, 0.717) is 5.41 Å². The van der Waals surface area contributed by atoms with Crippen molar-refractivity contribution in [3.05, 3.63) is 0 Å². The smallest absolute Gasteiger partial charge is 0.0214 e. The van der Waals surface area contributed by atoms with Gasteiger partial charge in [0, 0.05) is 13.0 Å². The fourth-order valence-electron chi connectivity index (χ4n) is 1.93. The second-order valence-electron chi connectivity index (χ2n) is 4.81. The summed E-state index contributed by atoms with van der Waals surface area (Å²) in [5.41, 5.74) is 0.547. The molecule has 1 heteroatoms. The lowest BCUT2D eigenvalue weighted by Crippen LogP contribution is -2.26. The molecule has 0 atom stereocenters. The van der Waals surface area contributed by atoms with E-state index >= 15 is 0 Å². The van der Waals surface area contributed by atoms with Crippen molar-refractivity contribution in [2.45, 2.75) is 39.5 Å². The summed E-state index contributed by atoms with van der Waals surface area (Å²) < 4.78 is 0. The molecule has 1 rings (SSSR count). The Bertz CT molecular complexity index is 188. The molecule has 0 aromatic rings. The molecule has 1 heterocycles. The molecule has 0 aliphatic carbocycles. The average Bonchev–Trinajstić information content (AvgIpc) is 2.23. The molecule has 0 spiro atoms. The van der Waals surface area contributed by atoms with Crippen molar-refractivity contribution in [3.8, 4) is 12.3 Å². The highest BCUT2D eigenvalue weighted by molar-refractivity contribution is 4.85. The van der Waals surface area contributed by atoms with Crippen molar-refractivity contribution in [2.75, 3.05) is 19.6 Å². The Kier molecular flexibility index (Phi) is 3.81. The fourth-order valence-corrected chi connectivity index (χ4v) is 1.93. The van der Waals surface area contributed by atoms with Gasteiger partial charge in [0.05, 0.1) is 0 Å². The average molecular weight is 179 g/mol. The van der Waals surface area contributed by atoms with Gasteiger partial charge in [-0.2, -0.15) is 0 Å². The van der Waals surface area contributed by atoms with Gasteiger partial charge in [0.15, 0.2) is 0 Å². The highest BCUT2D eigenvalue weighted by Gasteiger charge is 2.22. The molecule has 0 unspecified atom stereocenters. The van der Waals surface area contributed by atoms with Crippen LogP contribution in [0.4, 0.5) is 0 Å². The van der Waals surface area contributed by atoms with Crippen molar-refractivity contribution in [2.24, 2.45) is 5.41 Å². The molecule has 1 nitrogen and oxygen atoms in total. The summed E-state index contributed by atoms with van der Waals surface area (Å²) in [7, 11) is 0. The van der Waals surface area contributed by atoms with Gasteiger partial charge in [0.1, 0.15) is 0 Å². The first-order valence-corrected chi connectivity index (χ1v) is 5.30. The first-order chi connectivity index (χ1) is 6.14. The monoisotopic (exact) mass is 179 g/mol. The van der Waals surface area contributed by atoms with Gasteiger partial charge >= 0.3 is 0 Å². The summed E-state index contributed by atoms with van der Waals surface area (Å²) in [4.78, 5) is 2.51. The minimum atomic E-state index is 0.547. The fraction of sp³-hybridized carbons (Fsp3) is 0.833. The van der Waals surface area contributed by atoms with Crippen molar-refractivity contribution >= 4 is 0 Å². The molecule has 0 bridgehead atoms. The Labute approximate surface area is 82.5 Å². The molecule has 0 radical (unpaired) electrons. The summed E-state index contributed by atoms with van der Waals surface area (Å²) >= 11 is 0. The van der Waals surface area contributed by atoms with Gasteiger partial charge in [-0.05, 0) is 37.8 Å². The molecule has 1 aliphatic heterocycles. The van der Waals surface area contributed by atoms with Crippen LogP contribution in [0.25, 0.3) is 0 Å². The quantitative estimate of drug-likeness (QED) is 0.589. The zero-order valence-electron chi connectivity index (χ0n) is 8.97. The Morgan fingerprint density at radius 2 is 2.08 bits per heavy atom. The number of hydrogen-bond acceptors (Lipinski definition) is 1. The normalized spacial score (nSPS) is 23.5. The molecule has 0 aromatic carbocycles. The van der Waals surface area contributed by atoms with Crippen LogP contribution in [0.15, 0.2) is 0 Å². The summed E-state index contributed by atoms with van der Waals surface area (Å²) in [6.07, 6.45) is 10.2. The Hall–Kier alpha value is -0.480. The topological polar surface area (TPSA) is 3.24 Å². The SMILES string of the molecule is C#CCCN1CCCC(C)(C)CC1. The second-order valence-corrected chi connectivity index (χ2v) is 4.81. The van der Waals surface area contributed by atoms with Crippen LogP contribution in [-0.2, 0) is 0 Å². The lowest BCUT2D eigenvalue weighted by atomic mass is 9.85. The minimum absolute atomic E-state index is 0.547. The van der Waals surface area contributed by atoms with E-state index in [1.165, 1.54) is 32.4 Å². The summed E-state index contributed by atoms with van der Waals surface area (Å²) in [5.74, 6) is 2.71. The van der Waals surface area contributed by atoms with E-state index in [-0.39, 0.29) is 0 Å². The standard InChI is InChI=1S/C12H21N/c1-4-5-9-13-10-6-7-12(2,3)8-11-13/h1H,5-11H2,2-3H3. The van der Waals surface area contributed by atoms with E-state index in [1.807, 2.05) is 0 Å². The molecule has 1 fully saturated rings. The first-order valence-electron chi connectivity index (χ1n) is 5.30. The third kappa shape index (κ3) is 3.83. The van der Waals surface area contributed by atoms with Gasteiger partial charge in [0.25, 0.3) is 0 Å². The maximum absolute atomic E-state index is 5.26. The molecule has 0 N–H and O–H groups in total. The van der Waals surface area contributed by atoms with Gasteiger partial charge in [0.2, 0.25) is 0 Å². The maximum atomic E-state index is 5.26. The van der Waals surface area contributed by atoms with Crippen LogP contribution in [0.1, 0.15) is 39.5 Å². The summed E-state index contributed by atoms with van der Waals surface area (Å²) in [5, 5.41) is 0. The highest BCUT2D eigenvalue weighted by Crippen LogP contribution is 2.29. The van der Waals surface area contributed by atoms with Gasteiger partial charge in [-0.3, -0.25) is 0 Å². The van der Waals surface area contributed by atoms with Crippen molar-refractivity contribution in [1.29, 1.82) is 0 Å². The first kappa shape index (κ1) is 10.6. The second kappa shape index (κ2) is 4.67. The number of rotatable bonds is 2. The van der Waals surface area contributed by atoms with E-state index in [4.69, 9.17) is 6.42 Å². The highest BCUT2D eigenvalue weighted by atomic mass is 15.1. The molecular formula is C12H21N.